The number of carbonyl (C=O) groups excluding carboxylic acids is 1. The largest absolute Gasteiger partial charge is 0.488 e. The number of likely N-dealkylation sites (tertiary alicyclic amines) is 1. The third-order valence-electron chi connectivity index (χ3n) is 4.92. The van der Waals surface area contributed by atoms with Gasteiger partial charge in [-0.25, -0.2) is 9.18 Å². The lowest BCUT2D eigenvalue weighted by atomic mass is 10.1. The van der Waals surface area contributed by atoms with Crippen LogP contribution in [0.5, 0.6) is 5.75 Å². The normalized spacial score (nSPS) is 15.6. The molecule has 29 heavy (non-hydrogen) atoms. The molecule has 1 aromatic carbocycles. The van der Waals surface area contributed by atoms with Gasteiger partial charge in [0, 0.05) is 32.7 Å². The van der Waals surface area contributed by atoms with Gasteiger partial charge >= 0.3 is 6.03 Å². The van der Waals surface area contributed by atoms with Gasteiger partial charge in [-0.1, -0.05) is 6.92 Å². The molecule has 2 heterocycles. The zero-order valence-electron chi connectivity index (χ0n) is 16.8. The van der Waals surface area contributed by atoms with E-state index in [0.29, 0.717) is 18.0 Å². The molecule has 0 aliphatic carbocycles. The minimum atomic E-state index is -0.365. The summed E-state index contributed by atoms with van der Waals surface area (Å²) in [5, 5.41) is 19.4. The van der Waals surface area contributed by atoms with Crippen LogP contribution in [0.2, 0.25) is 0 Å². The maximum atomic E-state index is 12.9. The zero-order chi connectivity index (χ0) is 20.8. The van der Waals surface area contributed by atoms with Crippen LogP contribution in [-0.4, -0.2) is 64.2 Å². The SMILES string of the molecule is CCc1cc(NC(=O)NC(CO)CCN2CC(Oc3ccc(F)cc3)C2)n(C)n1. The first-order valence-corrected chi connectivity index (χ1v) is 9.82. The number of aliphatic hydroxyl groups is 1. The van der Waals surface area contributed by atoms with Crippen LogP contribution in [0, 0.1) is 5.82 Å². The van der Waals surface area contributed by atoms with E-state index < -0.39 is 0 Å². The molecule has 1 aliphatic rings. The number of hydrogen-bond donors (Lipinski definition) is 3. The summed E-state index contributed by atoms with van der Waals surface area (Å²) in [5.41, 5.74) is 0.900. The molecule has 1 aliphatic heterocycles. The lowest BCUT2D eigenvalue weighted by molar-refractivity contribution is 0.0168. The van der Waals surface area contributed by atoms with Crippen molar-refractivity contribution >= 4 is 11.8 Å². The Labute approximate surface area is 169 Å². The summed E-state index contributed by atoms with van der Waals surface area (Å²) in [7, 11) is 1.77. The van der Waals surface area contributed by atoms with Crippen LogP contribution in [0.25, 0.3) is 0 Å². The Kier molecular flexibility index (Phi) is 7.05. The van der Waals surface area contributed by atoms with E-state index in [0.717, 1.165) is 31.7 Å². The summed E-state index contributed by atoms with van der Waals surface area (Å²) >= 11 is 0. The zero-order valence-corrected chi connectivity index (χ0v) is 16.8. The molecule has 2 amide bonds. The number of nitrogens with one attached hydrogen (secondary N) is 2. The highest BCUT2D eigenvalue weighted by Gasteiger charge is 2.28. The van der Waals surface area contributed by atoms with Gasteiger partial charge in [0.05, 0.1) is 18.3 Å². The number of benzene rings is 1. The van der Waals surface area contributed by atoms with E-state index in [4.69, 9.17) is 4.74 Å². The number of hydrogen-bond acceptors (Lipinski definition) is 5. The van der Waals surface area contributed by atoms with Gasteiger partial charge in [0.25, 0.3) is 0 Å². The van der Waals surface area contributed by atoms with Gasteiger partial charge in [0.15, 0.2) is 0 Å². The van der Waals surface area contributed by atoms with Crippen LogP contribution < -0.4 is 15.4 Å². The Morgan fingerprint density at radius 2 is 2.10 bits per heavy atom. The van der Waals surface area contributed by atoms with Crippen molar-refractivity contribution in [3.05, 3.63) is 41.8 Å². The highest BCUT2D eigenvalue weighted by molar-refractivity contribution is 5.88. The van der Waals surface area contributed by atoms with Crippen molar-refractivity contribution in [1.29, 1.82) is 0 Å². The minimum Gasteiger partial charge on any atom is -0.488 e. The highest BCUT2D eigenvalue weighted by Crippen LogP contribution is 2.19. The van der Waals surface area contributed by atoms with Gasteiger partial charge < -0.3 is 15.2 Å². The van der Waals surface area contributed by atoms with Crippen LogP contribution in [0.4, 0.5) is 15.0 Å². The second kappa shape index (κ2) is 9.71. The molecule has 8 nitrogen and oxygen atoms in total. The maximum absolute atomic E-state index is 12.9. The van der Waals surface area contributed by atoms with Gasteiger partial charge in [-0.05, 0) is 37.1 Å². The fourth-order valence-electron chi connectivity index (χ4n) is 3.19. The molecular formula is C20H28FN5O3. The summed E-state index contributed by atoms with van der Waals surface area (Å²) in [6, 6.07) is 7.12. The minimum absolute atomic E-state index is 0.0712. The van der Waals surface area contributed by atoms with E-state index in [2.05, 4.69) is 20.6 Å². The van der Waals surface area contributed by atoms with E-state index in [1.165, 1.54) is 12.1 Å². The smallest absolute Gasteiger partial charge is 0.320 e. The number of ether oxygens (including phenoxy) is 1. The van der Waals surface area contributed by atoms with Crippen molar-refractivity contribution in [2.45, 2.75) is 31.9 Å². The molecule has 158 valence electrons. The summed E-state index contributed by atoms with van der Waals surface area (Å²) < 4.78 is 20.3. The number of aryl methyl sites for hydroxylation is 2. The third-order valence-corrected chi connectivity index (χ3v) is 4.92. The van der Waals surface area contributed by atoms with Crippen molar-refractivity contribution in [2.24, 2.45) is 7.05 Å². The van der Waals surface area contributed by atoms with E-state index >= 15 is 0 Å². The number of amides is 2. The van der Waals surface area contributed by atoms with Crippen LogP contribution in [-0.2, 0) is 13.5 Å². The van der Waals surface area contributed by atoms with Gasteiger partial charge in [0.1, 0.15) is 23.5 Å². The predicted molar refractivity (Wildman–Crippen MR) is 107 cm³/mol. The first-order valence-electron chi connectivity index (χ1n) is 9.82. The molecule has 2 aromatic rings. The molecule has 0 saturated carbocycles. The average molecular weight is 405 g/mol. The number of rotatable bonds is 9. The van der Waals surface area contributed by atoms with Crippen molar-refractivity contribution in [3.63, 3.8) is 0 Å². The van der Waals surface area contributed by atoms with E-state index in [9.17, 15) is 14.3 Å². The van der Waals surface area contributed by atoms with E-state index in [-0.39, 0.29) is 30.6 Å². The van der Waals surface area contributed by atoms with E-state index in [1.807, 2.05) is 13.0 Å². The van der Waals surface area contributed by atoms with Gasteiger partial charge in [-0.2, -0.15) is 5.10 Å². The molecule has 1 fully saturated rings. The van der Waals surface area contributed by atoms with Crippen LogP contribution >= 0.6 is 0 Å². The van der Waals surface area contributed by atoms with Crippen molar-refractivity contribution < 1.29 is 19.0 Å². The molecule has 0 spiro atoms. The lowest BCUT2D eigenvalue weighted by Crippen LogP contribution is -2.55. The molecule has 0 radical (unpaired) electrons. The highest BCUT2D eigenvalue weighted by atomic mass is 19.1. The first kappa shape index (κ1) is 21.1. The fraction of sp³-hybridized carbons (Fsp3) is 0.500. The van der Waals surface area contributed by atoms with Crippen LogP contribution in [0.1, 0.15) is 19.0 Å². The summed E-state index contributed by atoms with van der Waals surface area (Å²) in [6.07, 6.45) is 1.48. The molecule has 9 heteroatoms. The number of nitrogens with zero attached hydrogens (tertiary/aromatic N) is 3. The number of anilines is 1. The molecule has 1 aromatic heterocycles. The number of halogens is 1. The summed E-state index contributed by atoms with van der Waals surface area (Å²) in [5.74, 6) is 0.983. The van der Waals surface area contributed by atoms with E-state index in [1.54, 1.807) is 23.9 Å². The van der Waals surface area contributed by atoms with Gasteiger partial charge in [-0.3, -0.25) is 14.9 Å². The predicted octanol–water partition coefficient (Wildman–Crippen LogP) is 1.76. The summed E-state index contributed by atoms with van der Waals surface area (Å²) in [4.78, 5) is 14.4. The maximum Gasteiger partial charge on any atom is 0.320 e. The lowest BCUT2D eigenvalue weighted by Gasteiger charge is -2.39. The van der Waals surface area contributed by atoms with Crippen LogP contribution in [0.3, 0.4) is 0 Å². The number of aromatic nitrogens is 2. The second-order valence-corrected chi connectivity index (χ2v) is 7.22. The molecular weight excluding hydrogens is 377 g/mol. The standard InChI is InChI=1S/C20H28FN5O3/c1-3-15-10-19(25(2)24-15)23-20(28)22-16(13-27)8-9-26-11-18(12-26)29-17-6-4-14(21)5-7-17/h4-7,10,16,18,27H,3,8-9,11-13H2,1-2H3,(H2,22,23,28). The molecule has 3 N–H and O–H groups in total. The topological polar surface area (TPSA) is 91.6 Å². The second-order valence-electron chi connectivity index (χ2n) is 7.22. The molecule has 3 rings (SSSR count). The van der Waals surface area contributed by atoms with Gasteiger partial charge in [-0.15, -0.1) is 0 Å². The molecule has 1 unspecified atom stereocenters. The fourth-order valence-corrected chi connectivity index (χ4v) is 3.19. The first-order chi connectivity index (χ1) is 14.0. The quantitative estimate of drug-likeness (QED) is 0.591. The number of carbonyl (C=O) groups is 1. The Morgan fingerprint density at radius 1 is 1.38 bits per heavy atom. The van der Waals surface area contributed by atoms with Crippen molar-refractivity contribution in [3.8, 4) is 5.75 Å². The monoisotopic (exact) mass is 405 g/mol. The molecule has 1 saturated heterocycles. The van der Waals surface area contributed by atoms with Crippen molar-refractivity contribution in [1.82, 2.24) is 20.0 Å². The Morgan fingerprint density at radius 3 is 2.72 bits per heavy atom. The van der Waals surface area contributed by atoms with Gasteiger partial charge in [0.2, 0.25) is 0 Å². The Hall–Kier alpha value is -2.65. The van der Waals surface area contributed by atoms with Crippen molar-refractivity contribution in [2.75, 3.05) is 31.6 Å². The molecule has 1 atom stereocenters. The van der Waals surface area contributed by atoms with Crippen LogP contribution in [0.15, 0.2) is 30.3 Å². The Bertz CT molecular complexity index is 805. The summed E-state index contributed by atoms with van der Waals surface area (Å²) in [6.45, 7) is 4.12. The molecule has 0 bridgehead atoms. The third kappa shape index (κ3) is 5.91. The number of urea groups is 1. The average Bonchev–Trinajstić information content (AvgIpc) is 3.03. The number of aliphatic hydroxyl groups excluding tert-OH is 1. The Balaban J connectivity index is 1.36.